The predicted molar refractivity (Wildman–Crippen MR) is 87.0 cm³/mol. The number of H-pyrrole nitrogens is 1. The first kappa shape index (κ1) is 13.5. The van der Waals surface area contributed by atoms with Gasteiger partial charge < -0.3 is 14.3 Å². The fourth-order valence-electron chi connectivity index (χ4n) is 2.16. The molecule has 3 nitrogen and oxygen atoms in total. The summed E-state index contributed by atoms with van der Waals surface area (Å²) in [6, 6.07) is 15.7. The molecule has 2 aromatic carbocycles. The topological polar surface area (TPSA) is 29.9 Å². The Kier molecular flexibility index (Phi) is 3.76. The average Bonchev–Trinajstić information content (AvgIpc) is 2.84. The van der Waals surface area contributed by atoms with E-state index < -0.39 is 0 Å². The average molecular weight is 294 g/mol. The number of benzene rings is 2. The van der Waals surface area contributed by atoms with Crippen LogP contribution in [0.15, 0.2) is 48.5 Å². The van der Waals surface area contributed by atoms with Crippen LogP contribution in [0, 0.1) is 16.6 Å². The van der Waals surface area contributed by atoms with Crippen molar-refractivity contribution in [3.8, 4) is 17.6 Å². The van der Waals surface area contributed by atoms with Crippen molar-refractivity contribution < 1.29 is 4.74 Å². The zero-order chi connectivity index (χ0) is 14.7. The van der Waals surface area contributed by atoms with Gasteiger partial charge in [0.25, 0.3) is 0 Å². The van der Waals surface area contributed by atoms with Crippen molar-refractivity contribution in [2.45, 2.75) is 6.54 Å². The molecule has 0 amide bonds. The maximum absolute atomic E-state index is 5.34. The molecular weight excluding hydrogens is 280 g/mol. The SMILES string of the molecule is COc1ccc(C#CCn2c(=S)[nH]c3ccccc32)cc1. The van der Waals surface area contributed by atoms with Gasteiger partial charge in [0, 0.05) is 5.56 Å². The molecule has 0 atom stereocenters. The number of rotatable bonds is 2. The summed E-state index contributed by atoms with van der Waals surface area (Å²) >= 11 is 5.34. The summed E-state index contributed by atoms with van der Waals surface area (Å²) in [5.74, 6) is 7.13. The van der Waals surface area contributed by atoms with Gasteiger partial charge >= 0.3 is 0 Å². The molecule has 0 saturated heterocycles. The van der Waals surface area contributed by atoms with E-state index in [2.05, 4.69) is 16.8 Å². The molecule has 0 bridgehead atoms. The quantitative estimate of drug-likeness (QED) is 0.576. The number of nitrogens with zero attached hydrogens (tertiary/aromatic N) is 1. The number of hydrogen-bond acceptors (Lipinski definition) is 2. The van der Waals surface area contributed by atoms with Gasteiger partial charge in [0.05, 0.1) is 24.7 Å². The van der Waals surface area contributed by atoms with E-state index in [4.69, 9.17) is 17.0 Å². The summed E-state index contributed by atoms with van der Waals surface area (Å²) in [5.41, 5.74) is 3.07. The summed E-state index contributed by atoms with van der Waals surface area (Å²) in [5, 5.41) is 0. The van der Waals surface area contributed by atoms with E-state index in [1.54, 1.807) is 7.11 Å². The molecule has 0 aliphatic carbocycles. The first-order chi connectivity index (χ1) is 10.3. The van der Waals surface area contributed by atoms with Gasteiger partial charge in [-0.2, -0.15) is 0 Å². The van der Waals surface area contributed by atoms with E-state index in [-0.39, 0.29) is 0 Å². The third kappa shape index (κ3) is 2.83. The predicted octanol–water partition coefficient (Wildman–Crippen LogP) is 3.76. The molecule has 1 heterocycles. The van der Waals surface area contributed by atoms with Crippen LogP contribution in [0.1, 0.15) is 5.56 Å². The van der Waals surface area contributed by atoms with Crippen molar-refractivity contribution in [2.24, 2.45) is 0 Å². The minimum Gasteiger partial charge on any atom is -0.497 e. The highest BCUT2D eigenvalue weighted by Gasteiger charge is 2.01. The highest BCUT2D eigenvalue weighted by molar-refractivity contribution is 7.71. The largest absolute Gasteiger partial charge is 0.497 e. The van der Waals surface area contributed by atoms with E-state index in [1.807, 2.05) is 53.1 Å². The number of para-hydroxylation sites is 2. The number of nitrogens with one attached hydrogen (secondary N) is 1. The molecule has 0 aliphatic heterocycles. The number of aromatic amines is 1. The van der Waals surface area contributed by atoms with Crippen molar-refractivity contribution in [1.82, 2.24) is 9.55 Å². The van der Waals surface area contributed by atoms with Crippen molar-refractivity contribution >= 4 is 23.3 Å². The Labute approximate surface area is 128 Å². The number of imidazole rings is 1. The molecule has 0 radical (unpaired) electrons. The minimum atomic E-state index is 0.564. The highest BCUT2D eigenvalue weighted by Crippen LogP contribution is 2.13. The van der Waals surface area contributed by atoms with Crippen molar-refractivity contribution in [3.63, 3.8) is 0 Å². The molecule has 104 valence electrons. The first-order valence-electron chi connectivity index (χ1n) is 6.58. The van der Waals surface area contributed by atoms with Crippen LogP contribution in [0.2, 0.25) is 0 Å². The lowest BCUT2D eigenvalue weighted by molar-refractivity contribution is 0.415. The molecule has 1 N–H and O–H groups in total. The molecule has 0 aliphatic rings. The van der Waals surface area contributed by atoms with Gasteiger partial charge in [-0.05, 0) is 48.6 Å². The lowest BCUT2D eigenvalue weighted by atomic mass is 10.2. The van der Waals surface area contributed by atoms with Crippen LogP contribution in [0.25, 0.3) is 11.0 Å². The van der Waals surface area contributed by atoms with E-state index in [0.29, 0.717) is 11.3 Å². The number of ether oxygens (including phenoxy) is 1. The maximum atomic E-state index is 5.34. The van der Waals surface area contributed by atoms with E-state index in [0.717, 1.165) is 22.3 Å². The molecule has 0 unspecified atom stereocenters. The zero-order valence-electron chi connectivity index (χ0n) is 11.6. The Morgan fingerprint density at radius 3 is 2.67 bits per heavy atom. The second-order valence-corrected chi connectivity index (χ2v) is 4.95. The number of hydrogen-bond donors (Lipinski definition) is 1. The van der Waals surface area contributed by atoms with Crippen molar-refractivity contribution in [2.75, 3.05) is 7.11 Å². The number of aromatic nitrogens is 2. The molecule has 21 heavy (non-hydrogen) atoms. The first-order valence-corrected chi connectivity index (χ1v) is 6.99. The second kappa shape index (κ2) is 5.86. The van der Waals surface area contributed by atoms with Gasteiger partial charge in [0.1, 0.15) is 5.75 Å². The van der Waals surface area contributed by atoms with Crippen LogP contribution < -0.4 is 4.74 Å². The van der Waals surface area contributed by atoms with Crippen LogP contribution in [-0.2, 0) is 6.54 Å². The summed E-state index contributed by atoms with van der Waals surface area (Å²) in [6.45, 7) is 0.564. The highest BCUT2D eigenvalue weighted by atomic mass is 32.1. The summed E-state index contributed by atoms with van der Waals surface area (Å²) in [6.07, 6.45) is 0. The maximum Gasteiger partial charge on any atom is 0.178 e. The van der Waals surface area contributed by atoms with Gasteiger partial charge in [-0.25, -0.2) is 0 Å². The van der Waals surface area contributed by atoms with Crippen LogP contribution in [0.5, 0.6) is 5.75 Å². The molecular formula is C17H14N2OS. The molecule has 3 rings (SSSR count). The van der Waals surface area contributed by atoms with Crippen molar-refractivity contribution in [3.05, 3.63) is 58.9 Å². The lowest BCUT2D eigenvalue weighted by Gasteiger charge is -1.98. The fraction of sp³-hybridized carbons (Fsp3) is 0.118. The van der Waals surface area contributed by atoms with Crippen LogP contribution in [0.3, 0.4) is 0 Å². The Morgan fingerprint density at radius 2 is 1.90 bits per heavy atom. The standard InChI is InChI=1S/C17H14N2OS/c1-20-14-10-8-13(9-11-14)5-4-12-19-16-7-3-2-6-15(16)18-17(19)21/h2-3,6-11H,12H2,1H3,(H,18,21). The molecule has 4 heteroatoms. The second-order valence-electron chi connectivity index (χ2n) is 4.56. The summed E-state index contributed by atoms with van der Waals surface area (Å²) in [4.78, 5) is 3.18. The fourth-order valence-corrected chi connectivity index (χ4v) is 2.43. The Balaban J connectivity index is 1.85. The van der Waals surface area contributed by atoms with Gasteiger partial charge in [0.2, 0.25) is 0 Å². The van der Waals surface area contributed by atoms with Crippen LogP contribution >= 0.6 is 12.2 Å². The van der Waals surface area contributed by atoms with Crippen LogP contribution in [0.4, 0.5) is 0 Å². The third-order valence-corrected chi connectivity index (χ3v) is 3.56. The summed E-state index contributed by atoms with van der Waals surface area (Å²) in [7, 11) is 1.65. The number of fused-ring (bicyclic) bond motifs is 1. The van der Waals surface area contributed by atoms with Gasteiger partial charge in [-0.3, -0.25) is 0 Å². The molecule has 3 aromatic rings. The molecule has 0 fully saturated rings. The normalized spacial score (nSPS) is 10.1. The number of methoxy groups -OCH3 is 1. The molecule has 1 aromatic heterocycles. The van der Waals surface area contributed by atoms with Crippen LogP contribution in [-0.4, -0.2) is 16.7 Å². The van der Waals surface area contributed by atoms with Gasteiger partial charge in [-0.1, -0.05) is 24.0 Å². The zero-order valence-corrected chi connectivity index (χ0v) is 12.4. The monoisotopic (exact) mass is 294 g/mol. The molecule has 0 saturated carbocycles. The third-order valence-electron chi connectivity index (χ3n) is 3.24. The lowest BCUT2D eigenvalue weighted by Crippen LogP contribution is -1.95. The Bertz CT molecular complexity index is 879. The van der Waals surface area contributed by atoms with Crippen molar-refractivity contribution in [1.29, 1.82) is 0 Å². The van der Waals surface area contributed by atoms with E-state index >= 15 is 0 Å². The minimum absolute atomic E-state index is 0.564. The Morgan fingerprint density at radius 1 is 1.14 bits per heavy atom. The summed E-state index contributed by atoms with van der Waals surface area (Å²) < 4.78 is 7.82. The smallest absolute Gasteiger partial charge is 0.178 e. The van der Waals surface area contributed by atoms with E-state index in [9.17, 15) is 0 Å². The van der Waals surface area contributed by atoms with E-state index in [1.165, 1.54) is 0 Å². The van der Waals surface area contributed by atoms with Gasteiger partial charge in [0.15, 0.2) is 4.77 Å². The Hall–Kier alpha value is -2.51. The van der Waals surface area contributed by atoms with Gasteiger partial charge in [-0.15, -0.1) is 0 Å². The molecule has 0 spiro atoms.